The minimum atomic E-state index is -0.497. The van der Waals surface area contributed by atoms with Gasteiger partial charge in [-0.1, -0.05) is 54.2 Å². The maximum absolute atomic E-state index is 13.5. The summed E-state index contributed by atoms with van der Waals surface area (Å²) in [6.45, 7) is 3.74. The van der Waals surface area contributed by atoms with Crippen molar-refractivity contribution in [1.82, 2.24) is 9.55 Å². The lowest BCUT2D eigenvalue weighted by Crippen LogP contribution is -2.26. The van der Waals surface area contributed by atoms with Crippen LogP contribution in [0.3, 0.4) is 0 Å². The van der Waals surface area contributed by atoms with Crippen LogP contribution in [0.2, 0.25) is 0 Å². The maximum Gasteiger partial charge on any atom is 0.266 e. The Balaban J connectivity index is 1.77. The fourth-order valence-electron chi connectivity index (χ4n) is 3.38. The van der Waals surface area contributed by atoms with Crippen molar-refractivity contribution in [3.63, 3.8) is 0 Å². The topological polar surface area (TPSA) is 73.2 Å². The zero-order chi connectivity index (χ0) is 22.7. The standard InChI is InChI=1S/C25H23N3O3S/c1-16-10-4-6-12-19(16)26-23(29)17(2)32-25-27-20-13-7-5-11-18(20)24(30)28(25)21-14-8-9-15-22(21)31-3/h4-15,17H,1-3H3,(H,26,29). The number of hydrogen-bond donors (Lipinski definition) is 1. The quantitative estimate of drug-likeness (QED) is 0.340. The van der Waals surface area contributed by atoms with Crippen molar-refractivity contribution in [2.24, 2.45) is 0 Å². The molecule has 0 aliphatic carbocycles. The molecule has 4 rings (SSSR count). The lowest BCUT2D eigenvalue weighted by atomic mass is 10.2. The highest BCUT2D eigenvalue weighted by molar-refractivity contribution is 8.00. The van der Waals surface area contributed by atoms with E-state index in [1.165, 1.54) is 16.3 Å². The summed E-state index contributed by atoms with van der Waals surface area (Å²) in [5.41, 5.74) is 2.69. The Morgan fingerprint density at radius 1 is 1.03 bits per heavy atom. The molecule has 1 atom stereocenters. The van der Waals surface area contributed by atoms with Crippen molar-refractivity contribution in [3.05, 3.63) is 88.7 Å². The first-order chi connectivity index (χ1) is 15.5. The number of methoxy groups -OCH3 is 1. The van der Waals surface area contributed by atoms with Gasteiger partial charge in [-0.05, 0) is 49.7 Å². The van der Waals surface area contributed by atoms with E-state index in [0.29, 0.717) is 27.5 Å². The number of carbonyl (C=O) groups excluding carboxylic acids is 1. The van der Waals surface area contributed by atoms with E-state index in [2.05, 4.69) is 5.32 Å². The Bertz CT molecular complexity index is 1350. The molecule has 0 fully saturated rings. The molecule has 0 radical (unpaired) electrons. The van der Waals surface area contributed by atoms with Crippen LogP contribution >= 0.6 is 11.8 Å². The summed E-state index contributed by atoms with van der Waals surface area (Å²) in [5.74, 6) is 0.379. The zero-order valence-corrected chi connectivity index (χ0v) is 18.8. The molecule has 1 N–H and O–H groups in total. The van der Waals surface area contributed by atoms with E-state index in [1.807, 2.05) is 55.5 Å². The third-order valence-corrected chi connectivity index (χ3v) is 6.18. The Morgan fingerprint density at radius 2 is 1.72 bits per heavy atom. The number of para-hydroxylation sites is 4. The minimum absolute atomic E-state index is 0.168. The van der Waals surface area contributed by atoms with E-state index in [9.17, 15) is 9.59 Å². The first kappa shape index (κ1) is 21.6. The van der Waals surface area contributed by atoms with E-state index in [-0.39, 0.29) is 11.5 Å². The van der Waals surface area contributed by atoms with Crippen molar-refractivity contribution in [2.75, 3.05) is 12.4 Å². The molecule has 0 aliphatic heterocycles. The molecule has 1 unspecified atom stereocenters. The van der Waals surface area contributed by atoms with Gasteiger partial charge in [0.25, 0.3) is 5.56 Å². The number of hydrogen-bond acceptors (Lipinski definition) is 5. The predicted octanol–water partition coefficient (Wildman–Crippen LogP) is 4.82. The van der Waals surface area contributed by atoms with Crippen molar-refractivity contribution in [3.8, 4) is 11.4 Å². The molecule has 1 aromatic heterocycles. The highest BCUT2D eigenvalue weighted by Crippen LogP contribution is 2.29. The fraction of sp³-hybridized carbons (Fsp3) is 0.160. The number of amides is 1. The highest BCUT2D eigenvalue weighted by atomic mass is 32.2. The summed E-state index contributed by atoms with van der Waals surface area (Å²) in [5, 5.41) is 3.39. The van der Waals surface area contributed by atoms with Crippen LogP contribution in [0.5, 0.6) is 5.75 Å². The van der Waals surface area contributed by atoms with Crippen LogP contribution < -0.4 is 15.6 Å². The second-order valence-corrected chi connectivity index (χ2v) is 8.60. The minimum Gasteiger partial charge on any atom is -0.495 e. The average Bonchev–Trinajstić information content (AvgIpc) is 2.81. The van der Waals surface area contributed by atoms with Gasteiger partial charge in [-0.15, -0.1) is 0 Å². The monoisotopic (exact) mass is 445 g/mol. The van der Waals surface area contributed by atoms with E-state index < -0.39 is 5.25 Å². The van der Waals surface area contributed by atoms with Crippen LogP contribution in [0.1, 0.15) is 12.5 Å². The maximum atomic E-state index is 13.5. The van der Waals surface area contributed by atoms with Gasteiger partial charge in [0.05, 0.1) is 29.0 Å². The summed E-state index contributed by atoms with van der Waals surface area (Å²) >= 11 is 1.23. The smallest absolute Gasteiger partial charge is 0.266 e. The van der Waals surface area contributed by atoms with Gasteiger partial charge in [-0.25, -0.2) is 4.98 Å². The van der Waals surface area contributed by atoms with Crippen LogP contribution in [0.15, 0.2) is 82.7 Å². The molecule has 6 nitrogen and oxygen atoms in total. The lowest BCUT2D eigenvalue weighted by molar-refractivity contribution is -0.115. The second kappa shape index (κ2) is 9.28. The molecule has 0 saturated heterocycles. The Kier molecular flexibility index (Phi) is 6.28. The van der Waals surface area contributed by atoms with Crippen molar-refractivity contribution >= 4 is 34.3 Å². The second-order valence-electron chi connectivity index (χ2n) is 7.29. The number of anilines is 1. The molecule has 162 valence electrons. The molecule has 32 heavy (non-hydrogen) atoms. The third kappa shape index (κ3) is 4.24. The largest absolute Gasteiger partial charge is 0.495 e. The zero-order valence-electron chi connectivity index (χ0n) is 18.0. The molecule has 0 saturated carbocycles. The lowest BCUT2D eigenvalue weighted by Gasteiger charge is -2.18. The van der Waals surface area contributed by atoms with Crippen LogP contribution in [0, 0.1) is 6.92 Å². The number of fused-ring (bicyclic) bond motifs is 1. The van der Waals surface area contributed by atoms with Crippen molar-refractivity contribution in [1.29, 1.82) is 0 Å². The molecule has 4 aromatic rings. The van der Waals surface area contributed by atoms with Gasteiger partial charge in [0, 0.05) is 5.69 Å². The van der Waals surface area contributed by atoms with Crippen LogP contribution in [0.4, 0.5) is 5.69 Å². The van der Waals surface area contributed by atoms with Crippen molar-refractivity contribution < 1.29 is 9.53 Å². The number of nitrogens with one attached hydrogen (secondary N) is 1. The molecule has 3 aromatic carbocycles. The SMILES string of the molecule is COc1ccccc1-n1c(SC(C)C(=O)Nc2ccccc2C)nc2ccccc2c1=O. The molecule has 0 aliphatic rings. The van der Waals surface area contributed by atoms with Gasteiger partial charge in [-0.3, -0.25) is 14.2 Å². The molecular weight excluding hydrogens is 422 g/mol. The van der Waals surface area contributed by atoms with Crippen molar-refractivity contribution in [2.45, 2.75) is 24.3 Å². The Hall–Kier alpha value is -3.58. The summed E-state index contributed by atoms with van der Waals surface area (Å²) in [6, 6.07) is 22.1. The Morgan fingerprint density at radius 3 is 2.50 bits per heavy atom. The van der Waals surface area contributed by atoms with Gasteiger partial charge in [0.15, 0.2) is 5.16 Å². The van der Waals surface area contributed by atoms with Crippen LogP contribution in [-0.2, 0) is 4.79 Å². The van der Waals surface area contributed by atoms with Crippen LogP contribution in [-0.4, -0.2) is 27.8 Å². The number of nitrogens with zero attached hydrogens (tertiary/aromatic N) is 2. The number of carbonyl (C=O) groups is 1. The molecule has 0 spiro atoms. The van der Waals surface area contributed by atoms with Gasteiger partial charge >= 0.3 is 0 Å². The average molecular weight is 446 g/mol. The number of rotatable bonds is 6. The van der Waals surface area contributed by atoms with E-state index >= 15 is 0 Å². The van der Waals surface area contributed by atoms with Gasteiger partial charge in [0.2, 0.25) is 5.91 Å². The number of thioether (sulfide) groups is 1. The molecular formula is C25H23N3O3S. The van der Waals surface area contributed by atoms with E-state index in [1.54, 1.807) is 38.3 Å². The normalized spacial score (nSPS) is 11.8. The number of aryl methyl sites for hydroxylation is 1. The first-order valence-corrected chi connectivity index (χ1v) is 11.1. The number of ether oxygens (including phenoxy) is 1. The summed E-state index contributed by atoms with van der Waals surface area (Å²) in [6.07, 6.45) is 0. The Labute approximate surface area is 190 Å². The van der Waals surface area contributed by atoms with Crippen LogP contribution in [0.25, 0.3) is 16.6 Å². The summed E-state index contributed by atoms with van der Waals surface area (Å²) in [4.78, 5) is 31.1. The number of benzene rings is 3. The van der Waals surface area contributed by atoms with E-state index in [0.717, 1.165) is 11.3 Å². The molecule has 0 bridgehead atoms. The summed E-state index contributed by atoms with van der Waals surface area (Å²) in [7, 11) is 1.56. The van der Waals surface area contributed by atoms with Gasteiger partial charge in [0.1, 0.15) is 5.75 Å². The highest BCUT2D eigenvalue weighted by Gasteiger charge is 2.22. The number of aromatic nitrogens is 2. The first-order valence-electron chi connectivity index (χ1n) is 10.2. The van der Waals surface area contributed by atoms with Gasteiger partial charge < -0.3 is 10.1 Å². The fourth-order valence-corrected chi connectivity index (χ4v) is 4.30. The summed E-state index contributed by atoms with van der Waals surface area (Å²) < 4.78 is 7.01. The molecule has 7 heteroatoms. The third-order valence-electron chi connectivity index (χ3n) is 5.13. The molecule has 1 heterocycles. The van der Waals surface area contributed by atoms with E-state index in [4.69, 9.17) is 9.72 Å². The van der Waals surface area contributed by atoms with Gasteiger partial charge in [-0.2, -0.15) is 0 Å². The molecule has 1 amide bonds. The predicted molar refractivity (Wildman–Crippen MR) is 129 cm³/mol.